The van der Waals surface area contributed by atoms with Gasteiger partial charge < -0.3 is 10.4 Å². The SMILES string of the molecule is O=C(Nc1ccccc1CO)c1ccc(F)c(F)c1F. The van der Waals surface area contributed by atoms with E-state index < -0.39 is 28.9 Å². The van der Waals surface area contributed by atoms with Gasteiger partial charge in [-0.05, 0) is 18.2 Å². The van der Waals surface area contributed by atoms with Gasteiger partial charge in [0.25, 0.3) is 5.91 Å². The van der Waals surface area contributed by atoms with E-state index in [1.54, 1.807) is 18.2 Å². The Morgan fingerprint density at radius 3 is 2.45 bits per heavy atom. The zero-order valence-corrected chi connectivity index (χ0v) is 10.2. The van der Waals surface area contributed by atoms with Gasteiger partial charge in [-0.25, -0.2) is 13.2 Å². The van der Waals surface area contributed by atoms with Crippen LogP contribution >= 0.6 is 0 Å². The van der Waals surface area contributed by atoms with Gasteiger partial charge in [0, 0.05) is 11.3 Å². The van der Waals surface area contributed by atoms with Gasteiger partial charge in [0.15, 0.2) is 17.5 Å². The van der Waals surface area contributed by atoms with E-state index in [1.807, 2.05) is 0 Å². The second kappa shape index (κ2) is 5.75. The lowest BCUT2D eigenvalue weighted by atomic mass is 10.1. The molecule has 2 rings (SSSR count). The lowest BCUT2D eigenvalue weighted by molar-refractivity contribution is 0.102. The lowest BCUT2D eigenvalue weighted by Gasteiger charge is -2.10. The number of carbonyl (C=O) groups is 1. The van der Waals surface area contributed by atoms with Gasteiger partial charge >= 0.3 is 0 Å². The molecule has 2 aromatic carbocycles. The fourth-order valence-electron chi connectivity index (χ4n) is 1.67. The molecule has 0 bridgehead atoms. The molecule has 0 radical (unpaired) electrons. The summed E-state index contributed by atoms with van der Waals surface area (Å²) in [5, 5.41) is 11.4. The number of carbonyl (C=O) groups excluding carboxylic acids is 1. The molecule has 6 heteroatoms. The summed E-state index contributed by atoms with van der Waals surface area (Å²) in [6.07, 6.45) is 0. The predicted octanol–water partition coefficient (Wildman–Crippen LogP) is 2.85. The van der Waals surface area contributed by atoms with Crippen LogP contribution in [0.1, 0.15) is 15.9 Å². The summed E-state index contributed by atoms with van der Waals surface area (Å²) in [6, 6.07) is 7.85. The van der Waals surface area contributed by atoms with Gasteiger partial charge in [-0.15, -0.1) is 0 Å². The average Bonchev–Trinajstić information content (AvgIpc) is 2.45. The van der Waals surface area contributed by atoms with Gasteiger partial charge in [-0.1, -0.05) is 18.2 Å². The highest BCUT2D eigenvalue weighted by Gasteiger charge is 2.19. The van der Waals surface area contributed by atoms with Crippen LogP contribution in [0.4, 0.5) is 18.9 Å². The molecule has 0 fully saturated rings. The third-order valence-corrected chi connectivity index (χ3v) is 2.72. The van der Waals surface area contributed by atoms with Crippen molar-refractivity contribution in [1.29, 1.82) is 0 Å². The number of para-hydroxylation sites is 1. The quantitative estimate of drug-likeness (QED) is 0.850. The molecule has 0 spiro atoms. The molecule has 0 heterocycles. The number of aliphatic hydroxyl groups excluding tert-OH is 1. The molecule has 104 valence electrons. The molecular formula is C14H10F3NO2. The summed E-state index contributed by atoms with van der Waals surface area (Å²) in [7, 11) is 0. The molecule has 0 aliphatic carbocycles. The number of anilines is 1. The van der Waals surface area contributed by atoms with Crippen LogP contribution in [0.2, 0.25) is 0 Å². The smallest absolute Gasteiger partial charge is 0.258 e. The molecule has 0 saturated carbocycles. The monoisotopic (exact) mass is 281 g/mol. The predicted molar refractivity (Wildman–Crippen MR) is 66.6 cm³/mol. The maximum absolute atomic E-state index is 13.5. The Morgan fingerprint density at radius 2 is 1.75 bits per heavy atom. The summed E-state index contributed by atoms with van der Waals surface area (Å²) in [6.45, 7) is -0.323. The van der Waals surface area contributed by atoms with Gasteiger partial charge in [-0.3, -0.25) is 4.79 Å². The van der Waals surface area contributed by atoms with Crippen molar-refractivity contribution in [2.45, 2.75) is 6.61 Å². The highest BCUT2D eigenvalue weighted by Crippen LogP contribution is 2.19. The third kappa shape index (κ3) is 2.65. The summed E-state index contributed by atoms with van der Waals surface area (Å²) in [4.78, 5) is 11.8. The number of hydrogen-bond donors (Lipinski definition) is 2. The Kier molecular flexibility index (Phi) is 4.05. The van der Waals surface area contributed by atoms with Crippen molar-refractivity contribution in [3.8, 4) is 0 Å². The number of amides is 1. The minimum Gasteiger partial charge on any atom is -0.392 e. The fourth-order valence-corrected chi connectivity index (χ4v) is 1.67. The minimum atomic E-state index is -1.70. The minimum absolute atomic E-state index is 0.268. The first-order valence-electron chi connectivity index (χ1n) is 5.68. The zero-order valence-electron chi connectivity index (χ0n) is 10.2. The van der Waals surface area contributed by atoms with Gasteiger partial charge in [0.05, 0.1) is 12.2 Å². The van der Waals surface area contributed by atoms with E-state index in [9.17, 15) is 18.0 Å². The second-order valence-electron chi connectivity index (χ2n) is 3.99. The maximum atomic E-state index is 13.5. The van der Waals surface area contributed by atoms with E-state index in [0.29, 0.717) is 11.6 Å². The first kappa shape index (κ1) is 14.1. The molecular weight excluding hydrogens is 271 g/mol. The molecule has 20 heavy (non-hydrogen) atoms. The van der Waals surface area contributed by atoms with Gasteiger partial charge in [0.2, 0.25) is 0 Å². The van der Waals surface area contributed by atoms with Crippen molar-refractivity contribution in [2.75, 3.05) is 5.32 Å². The maximum Gasteiger partial charge on any atom is 0.258 e. The second-order valence-corrected chi connectivity index (χ2v) is 3.99. The van der Waals surface area contributed by atoms with Crippen molar-refractivity contribution in [3.05, 3.63) is 65.0 Å². The first-order chi connectivity index (χ1) is 9.54. The molecule has 1 amide bonds. The fraction of sp³-hybridized carbons (Fsp3) is 0.0714. The van der Waals surface area contributed by atoms with Crippen molar-refractivity contribution in [3.63, 3.8) is 0 Å². The van der Waals surface area contributed by atoms with E-state index in [2.05, 4.69) is 5.32 Å². The van der Waals surface area contributed by atoms with E-state index >= 15 is 0 Å². The highest BCUT2D eigenvalue weighted by atomic mass is 19.2. The highest BCUT2D eigenvalue weighted by molar-refractivity contribution is 6.04. The number of benzene rings is 2. The molecule has 2 N–H and O–H groups in total. The Labute approximate surface area is 112 Å². The number of hydrogen-bond acceptors (Lipinski definition) is 2. The summed E-state index contributed by atoms with van der Waals surface area (Å²) in [5.41, 5.74) is 0.0737. The van der Waals surface area contributed by atoms with Crippen LogP contribution in [0.25, 0.3) is 0 Å². The standard InChI is InChI=1S/C14H10F3NO2/c15-10-6-5-9(12(16)13(10)17)14(20)18-11-4-2-1-3-8(11)7-19/h1-6,19H,7H2,(H,18,20). The molecule has 0 atom stereocenters. The van der Waals surface area contributed by atoms with Gasteiger partial charge in [0.1, 0.15) is 0 Å². The Hall–Kier alpha value is -2.34. The lowest BCUT2D eigenvalue weighted by Crippen LogP contribution is -2.16. The molecule has 0 aliphatic rings. The number of rotatable bonds is 3. The molecule has 0 unspecified atom stereocenters. The largest absolute Gasteiger partial charge is 0.392 e. The normalized spacial score (nSPS) is 10.4. The van der Waals surface area contributed by atoms with E-state index in [4.69, 9.17) is 5.11 Å². The number of nitrogens with one attached hydrogen (secondary N) is 1. The summed E-state index contributed by atoms with van der Waals surface area (Å²) in [5.74, 6) is -5.55. The molecule has 0 aliphatic heterocycles. The van der Waals surface area contributed by atoms with Crippen LogP contribution < -0.4 is 5.32 Å². The topological polar surface area (TPSA) is 49.3 Å². The summed E-state index contributed by atoms with van der Waals surface area (Å²) < 4.78 is 39.3. The van der Waals surface area contributed by atoms with Crippen LogP contribution in [0.3, 0.4) is 0 Å². The average molecular weight is 281 g/mol. The van der Waals surface area contributed by atoms with Crippen LogP contribution in [0.5, 0.6) is 0 Å². The van der Waals surface area contributed by atoms with Crippen molar-refractivity contribution < 1.29 is 23.1 Å². The van der Waals surface area contributed by atoms with E-state index in [-0.39, 0.29) is 12.3 Å². The van der Waals surface area contributed by atoms with Crippen molar-refractivity contribution >= 4 is 11.6 Å². The number of halogens is 3. The Bertz CT molecular complexity index is 659. The van der Waals surface area contributed by atoms with Crippen molar-refractivity contribution in [1.82, 2.24) is 0 Å². The van der Waals surface area contributed by atoms with Crippen LogP contribution in [-0.4, -0.2) is 11.0 Å². The van der Waals surface area contributed by atoms with E-state index in [0.717, 1.165) is 6.07 Å². The van der Waals surface area contributed by atoms with Gasteiger partial charge in [-0.2, -0.15) is 0 Å². The molecule has 0 saturated heterocycles. The number of aliphatic hydroxyl groups is 1. The Balaban J connectivity index is 2.31. The van der Waals surface area contributed by atoms with Crippen LogP contribution in [0, 0.1) is 17.5 Å². The first-order valence-corrected chi connectivity index (χ1v) is 5.68. The molecule has 0 aromatic heterocycles. The molecule has 2 aromatic rings. The summed E-state index contributed by atoms with van der Waals surface area (Å²) >= 11 is 0. The Morgan fingerprint density at radius 1 is 1.05 bits per heavy atom. The van der Waals surface area contributed by atoms with Crippen molar-refractivity contribution in [2.24, 2.45) is 0 Å². The van der Waals surface area contributed by atoms with Crippen LogP contribution in [0.15, 0.2) is 36.4 Å². The molecule has 3 nitrogen and oxygen atoms in total. The van der Waals surface area contributed by atoms with E-state index in [1.165, 1.54) is 6.07 Å². The van der Waals surface area contributed by atoms with Crippen LogP contribution in [-0.2, 0) is 6.61 Å². The third-order valence-electron chi connectivity index (χ3n) is 2.72. The zero-order chi connectivity index (χ0) is 14.7.